The van der Waals surface area contributed by atoms with Gasteiger partial charge in [0.15, 0.2) is 0 Å². The Balaban J connectivity index is 1.61. The number of rotatable bonds is 1. The van der Waals surface area contributed by atoms with Crippen molar-refractivity contribution in [3.05, 3.63) is 23.0 Å². The highest BCUT2D eigenvalue weighted by Crippen LogP contribution is 2.40. The van der Waals surface area contributed by atoms with Gasteiger partial charge < -0.3 is 20.1 Å². The molecule has 3 aliphatic rings. The van der Waals surface area contributed by atoms with Crippen LogP contribution in [-0.2, 0) is 11.2 Å². The van der Waals surface area contributed by atoms with E-state index in [0.29, 0.717) is 42.1 Å². The van der Waals surface area contributed by atoms with E-state index in [2.05, 4.69) is 6.07 Å². The van der Waals surface area contributed by atoms with E-state index < -0.39 is 11.4 Å². The zero-order valence-electron chi connectivity index (χ0n) is 17.1. The molecule has 0 saturated carbocycles. The Hall–Kier alpha value is -2.53. The molecule has 1 aromatic carbocycles. The molecular weight excluding hydrogens is 375 g/mol. The maximum Gasteiger partial charge on any atom is 0.410 e. The molecule has 7 nitrogen and oxygen atoms in total. The minimum absolute atomic E-state index is 0.0245. The van der Waals surface area contributed by atoms with Crippen molar-refractivity contribution in [3.8, 4) is 11.8 Å². The molecule has 2 N–H and O–H groups in total. The normalized spacial score (nSPS) is 25.9. The lowest BCUT2D eigenvalue weighted by Crippen LogP contribution is -2.57. The second kappa shape index (κ2) is 7.06. The summed E-state index contributed by atoms with van der Waals surface area (Å²) in [5.41, 5.74) is 6.58. The number of carbonyl (C=O) groups excluding carboxylic acids is 1. The van der Waals surface area contributed by atoms with Gasteiger partial charge in [0, 0.05) is 24.7 Å². The molecule has 3 atom stereocenters. The molecule has 1 amide bonds. The van der Waals surface area contributed by atoms with Crippen LogP contribution in [-0.4, -0.2) is 54.4 Å². The van der Waals surface area contributed by atoms with Crippen molar-refractivity contribution in [2.24, 2.45) is 5.73 Å². The summed E-state index contributed by atoms with van der Waals surface area (Å²) < 4.78 is 26.0. The number of anilines is 1. The summed E-state index contributed by atoms with van der Waals surface area (Å²) in [5.74, 6) is -0.0859. The average Bonchev–Trinajstić information content (AvgIpc) is 2.91. The van der Waals surface area contributed by atoms with Gasteiger partial charge in [-0.05, 0) is 46.1 Å². The molecule has 2 saturated heterocycles. The van der Waals surface area contributed by atoms with Crippen LogP contribution < -0.4 is 15.4 Å². The van der Waals surface area contributed by atoms with Crippen molar-refractivity contribution in [3.63, 3.8) is 0 Å². The van der Waals surface area contributed by atoms with Crippen molar-refractivity contribution < 1.29 is 18.7 Å². The summed E-state index contributed by atoms with van der Waals surface area (Å²) >= 11 is 0. The molecule has 4 rings (SSSR count). The molecule has 0 aromatic heterocycles. The second-order valence-electron chi connectivity index (χ2n) is 9.12. The molecule has 29 heavy (non-hydrogen) atoms. The van der Waals surface area contributed by atoms with Crippen LogP contribution in [0.5, 0.6) is 5.75 Å². The topological polar surface area (TPSA) is 91.8 Å². The number of ether oxygens (including phenoxy) is 2. The van der Waals surface area contributed by atoms with Gasteiger partial charge in [0.1, 0.15) is 35.4 Å². The van der Waals surface area contributed by atoms with E-state index in [9.17, 15) is 14.4 Å². The Labute approximate surface area is 170 Å². The van der Waals surface area contributed by atoms with Gasteiger partial charge >= 0.3 is 6.09 Å². The standard InChI is InChI=1S/C21H27FN4O3/c1-21(2,3)29-20(27)26-13-4-5-14(26)10-25(9-13)18-7-17(22)15-6-12(24)11-28-19(15)16(18)8-23/h7,12-14H,4-6,9-11,24H2,1-3H3/t12-,13?,14?/m1/s1. The summed E-state index contributed by atoms with van der Waals surface area (Å²) in [6.07, 6.45) is 1.77. The van der Waals surface area contributed by atoms with Crippen molar-refractivity contribution in [1.29, 1.82) is 5.26 Å². The highest BCUT2D eigenvalue weighted by molar-refractivity contribution is 5.72. The fourth-order valence-electron chi connectivity index (χ4n) is 4.59. The highest BCUT2D eigenvalue weighted by Gasteiger charge is 2.45. The first-order valence-electron chi connectivity index (χ1n) is 10.1. The quantitative estimate of drug-likeness (QED) is 0.776. The minimum Gasteiger partial charge on any atom is -0.490 e. The van der Waals surface area contributed by atoms with Gasteiger partial charge in [-0.3, -0.25) is 4.90 Å². The van der Waals surface area contributed by atoms with E-state index in [0.717, 1.165) is 12.8 Å². The van der Waals surface area contributed by atoms with Crippen LogP contribution in [0.3, 0.4) is 0 Å². The second-order valence-corrected chi connectivity index (χ2v) is 9.12. The largest absolute Gasteiger partial charge is 0.490 e. The molecule has 2 fully saturated rings. The van der Waals surface area contributed by atoms with Crippen LogP contribution in [0.1, 0.15) is 44.7 Å². The zero-order valence-corrected chi connectivity index (χ0v) is 17.1. The zero-order chi connectivity index (χ0) is 20.9. The number of amides is 1. The van der Waals surface area contributed by atoms with Gasteiger partial charge in [-0.1, -0.05) is 0 Å². The van der Waals surface area contributed by atoms with E-state index in [-0.39, 0.29) is 30.8 Å². The lowest BCUT2D eigenvalue weighted by atomic mass is 9.97. The number of benzene rings is 1. The smallest absolute Gasteiger partial charge is 0.410 e. The lowest BCUT2D eigenvalue weighted by molar-refractivity contribution is 0.0123. The van der Waals surface area contributed by atoms with Gasteiger partial charge in [-0.15, -0.1) is 0 Å². The first-order valence-corrected chi connectivity index (χ1v) is 10.1. The first kappa shape index (κ1) is 19.8. The number of fused-ring (bicyclic) bond motifs is 3. The molecule has 0 spiro atoms. The average molecular weight is 402 g/mol. The predicted octanol–water partition coefficient (Wildman–Crippen LogP) is 2.55. The van der Waals surface area contributed by atoms with Gasteiger partial charge in [0.05, 0.1) is 17.8 Å². The number of hydrogen-bond donors (Lipinski definition) is 1. The summed E-state index contributed by atoms with van der Waals surface area (Å²) in [5, 5.41) is 9.78. The Morgan fingerprint density at radius 3 is 2.59 bits per heavy atom. The van der Waals surface area contributed by atoms with Crippen LogP contribution in [0.4, 0.5) is 14.9 Å². The molecule has 0 radical (unpaired) electrons. The van der Waals surface area contributed by atoms with E-state index in [1.807, 2.05) is 30.6 Å². The first-order chi connectivity index (χ1) is 13.7. The molecule has 3 aliphatic heterocycles. The van der Waals surface area contributed by atoms with Gasteiger partial charge in [0.25, 0.3) is 0 Å². The van der Waals surface area contributed by atoms with E-state index in [1.165, 1.54) is 6.07 Å². The van der Waals surface area contributed by atoms with Crippen LogP contribution in [0.2, 0.25) is 0 Å². The molecule has 2 unspecified atom stereocenters. The van der Waals surface area contributed by atoms with E-state index in [4.69, 9.17) is 15.2 Å². The number of nitriles is 1. The van der Waals surface area contributed by atoms with Gasteiger partial charge in [-0.25, -0.2) is 9.18 Å². The van der Waals surface area contributed by atoms with E-state index in [1.54, 1.807) is 0 Å². The van der Waals surface area contributed by atoms with Crippen molar-refractivity contribution >= 4 is 11.8 Å². The van der Waals surface area contributed by atoms with Crippen LogP contribution in [0.25, 0.3) is 0 Å². The number of piperazine rings is 1. The summed E-state index contributed by atoms with van der Waals surface area (Å²) in [7, 11) is 0. The third-order valence-electron chi connectivity index (χ3n) is 5.76. The maximum atomic E-state index is 14.8. The maximum absolute atomic E-state index is 14.8. The van der Waals surface area contributed by atoms with Crippen molar-refractivity contribution in [2.45, 2.75) is 63.8 Å². The van der Waals surface area contributed by atoms with Gasteiger partial charge in [-0.2, -0.15) is 5.26 Å². The predicted molar refractivity (Wildman–Crippen MR) is 105 cm³/mol. The van der Waals surface area contributed by atoms with Crippen LogP contribution in [0.15, 0.2) is 6.07 Å². The summed E-state index contributed by atoms with van der Waals surface area (Å²) in [6, 6.07) is 3.29. The molecule has 3 heterocycles. The Morgan fingerprint density at radius 1 is 1.34 bits per heavy atom. The Kier molecular flexibility index (Phi) is 4.82. The van der Waals surface area contributed by atoms with Crippen molar-refractivity contribution in [1.82, 2.24) is 4.90 Å². The van der Waals surface area contributed by atoms with Crippen molar-refractivity contribution in [2.75, 3.05) is 24.6 Å². The molecule has 2 bridgehead atoms. The monoisotopic (exact) mass is 402 g/mol. The fraction of sp³-hybridized carbons (Fsp3) is 0.619. The number of hydrogen-bond acceptors (Lipinski definition) is 6. The van der Waals surface area contributed by atoms with Crippen LogP contribution >= 0.6 is 0 Å². The fourth-order valence-corrected chi connectivity index (χ4v) is 4.59. The number of halogens is 1. The molecule has 1 aromatic rings. The molecule has 0 aliphatic carbocycles. The molecule has 8 heteroatoms. The third-order valence-corrected chi connectivity index (χ3v) is 5.76. The highest BCUT2D eigenvalue weighted by atomic mass is 19.1. The molecular formula is C21H27FN4O3. The number of carbonyl (C=O) groups is 1. The Morgan fingerprint density at radius 2 is 2.00 bits per heavy atom. The molecule has 156 valence electrons. The van der Waals surface area contributed by atoms with E-state index >= 15 is 0 Å². The minimum atomic E-state index is -0.554. The Bertz CT molecular complexity index is 862. The summed E-state index contributed by atoms with van der Waals surface area (Å²) in [6.45, 7) is 6.88. The number of nitrogens with two attached hydrogens (primary N) is 1. The van der Waals surface area contributed by atoms with Gasteiger partial charge in [0.2, 0.25) is 0 Å². The summed E-state index contributed by atoms with van der Waals surface area (Å²) in [4.78, 5) is 16.5. The number of nitrogens with zero attached hydrogens (tertiary/aromatic N) is 3. The SMILES string of the molecule is CC(C)(C)OC(=O)N1C2CCC1CN(c1cc(F)c3c(c1C#N)OC[C@H](N)C3)C2. The third kappa shape index (κ3) is 3.60. The van der Waals surface area contributed by atoms with Crippen LogP contribution in [0, 0.1) is 17.1 Å². The lowest BCUT2D eigenvalue weighted by Gasteiger charge is -2.42.